The van der Waals surface area contributed by atoms with Crippen LogP contribution in [0.1, 0.15) is 18.4 Å². The lowest BCUT2D eigenvalue weighted by molar-refractivity contribution is 0.0516. The van der Waals surface area contributed by atoms with Crippen LogP contribution in [-0.2, 0) is 6.54 Å². The number of hydrogen-bond acceptors (Lipinski definition) is 6. The molecule has 0 amide bonds. The third-order valence-corrected chi connectivity index (χ3v) is 5.98. The maximum Gasteiger partial charge on any atom is 0.169 e. The van der Waals surface area contributed by atoms with Crippen molar-refractivity contribution in [3.05, 3.63) is 35.5 Å². The lowest BCUT2D eigenvalue weighted by Gasteiger charge is -2.34. The van der Waals surface area contributed by atoms with E-state index in [9.17, 15) is 9.50 Å². The van der Waals surface area contributed by atoms with Crippen molar-refractivity contribution in [2.24, 2.45) is 0 Å². The number of aliphatic hydroxyl groups is 1. The predicted molar refractivity (Wildman–Crippen MR) is 96.1 cm³/mol. The molecule has 0 saturated carbocycles. The average molecular weight is 362 g/mol. The molecule has 0 spiro atoms. The summed E-state index contributed by atoms with van der Waals surface area (Å²) < 4.78 is 13.3. The van der Waals surface area contributed by atoms with E-state index in [0.29, 0.717) is 19.4 Å². The van der Waals surface area contributed by atoms with Gasteiger partial charge in [0, 0.05) is 56.7 Å². The summed E-state index contributed by atoms with van der Waals surface area (Å²) in [6, 6.07) is 4.12. The van der Waals surface area contributed by atoms with Crippen molar-refractivity contribution < 1.29 is 9.50 Å². The van der Waals surface area contributed by atoms with Crippen LogP contribution in [-0.4, -0.2) is 69.4 Å². The Morgan fingerprint density at radius 3 is 2.64 bits per heavy atom. The second-order valence-corrected chi connectivity index (χ2v) is 7.88. The number of likely N-dealkylation sites (tertiary alicyclic amines) is 2. The van der Waals surface area contributed by atoms with Gasteiger partial charge in [-0.15, -0.1) is 11.3 Å². The fraction of sp³-hybridized carbons (Fsp3) is 0.556. The molecule has 4 heterocycles. The van der Waals surface area contributed by atoms with E-state index >= 15 is 0 Å². The number of nitrogens with zero attached hydrogens (tertiary/aromatic N) is 4. The number of alkyl halides is 1. The number of piperidine rings is 1. The topological polar surface area (TPSA) is 52.5 Å². The molecule has 0 unspecified atom stereocenters. The number of β-amino-alcohol motifs (C(OH)–C–C–N with tert-alkyl or cyclic N) is 1. The molecule has 2 aromatic rings. The highest BCUT2D eigenvalue weighted by molar-refractivity contribution is 7.13. The van der Waals surface area contributed by atoms with Gasteiger partial charge in [-0.2, -0.15) is 0 Å². The first-order chi connectivity index (χ1) is 12.2. The van der Waals surface area contributed by atoms with E-state index in [1.807, 2.05) is 29.9 Å². The zero-order valence-corrected chi connectivity index (χ0v) is 14.9. The predicted octanol–water partition coefficient (Wildman–Crippen LogP) is 2.18. The van der Waals surface area contributed by atoms with Crippen molar-refractivity contribution in [3.8, 4) is 10.7 Å². The van der Waals surface area contributed by atoms with Crippen molar-refractivity contribution >= 4 is 11.3 Å². The Balaban J connectivity index is 1.35. The highest BCUT2D eigenvalue weighted by atomic mass is 32.1. The first kappa shape index (κ1) is 17.0. The summed E-state index contributed by atoms with van der Waals surface area (Å²) in [5.74, 6) is 0.757. The van der Waals surface area contributed by atoms with Gasteiger partial charge in [0.15, 0.2) is 5.82 Å². The molecule has 4 rings (SSSR count). The number of aromatic nitrogens is 2. The minimum absolute atomic E-state index is 0.110. The van der Waals surface area contributed by atoms with Gasteiger partial charge in [-0.3, -0.25) is 9.80 Å². The van der Waals surface area contributed by atoms with E-state index in [-0.39, 0.29) is 12.1 Å². The van der Waals surface area contributed by atoms with Crippen LogP contribution in [0, 0.1) is 0 Å². The molecule has 25 heavy (non-hydrogen) atoms. The number of rotatable bonds is 4. The third-order valence-electron chi connectivity index (χ3n) is 5.12. The van der Waals surface area contributed by atoms with Crippen LogP contribution in [0.3, 0.4) is 0 Å². The molecule has 2 aromatic heterocycles. The molecule has 0 radical (unpaired) electrons. The van der Waals surface area contributed by atoms with E-state index in [0.717, 1.165) is 42.4 Å². The van der Waals surface area contributed by atoms with Crippen LogP contribution >= 0.6 is 11.3 Å². The molecule has 7 heteroatoms. The van der Waals surface area contributed by atoms with Crippen molar-refractivity contribution in [3.63, 3.8) is 0 Å². The molecule has 2 aliphatic rings. The van der Waals surface area contributed by atoms with Gasteiger partial charge >= 0.3 is 0 Å². The largest absolute Gasteiger partial charge is 0.390 e. The van der Waals surface area contributed by atoms with Crippen LogP contribution in [0.4, 0.5) is 4.39 Å². The summed E-state index contributed by atoms with van der Waals surface area (Å²) >= 11 is 1.63. The van der Waals surface area contributed by atoms with Crippen LogP contribution in [0.2, 0.25) is 0 Å². The Hall–Kier alpha value is -1.41. The summed E-state index contributed by atoms with van der Waals surface area (Å²) in [6.07, 6.45) is 3.86. The zero-order chi connectivity index (χ0) is 17.2. The molecule has 1 N–H and O–H groups in total. The number of hydrogen-bond donors (Lipinski definition) is 1. The average Bonchev–Trinajstić information content (AvgIpc) is 3.27. The van der Waals surface area contributed by atoms with Crippen LogP contribution in [0.25, 0.3) is 10.7 Å². The summed E-state index contributed by atoms with van der Waals surface area (Å²) in [5.41, 5.74) is 1.05. The minimum Gasteiger partial charge on any atom is -0.390 e. The summed E-state index contributed by atoms with van der Waals surface area (Å²) in [6.45, 7) is 3.68. The first-order valence-corrected chi connectivity index (χ1v) is 9.70. The third kappa shape index (κ3) is 3.89. The van der Waals surface area contributed by atoms with Crippen LogP contribution < -0.4 is 0 Å². The zero-order valence-electron chi connectivity index (χ0n) is 14.1. The Bertz CT molecular complexity index is 673. The molecule has 0 bridgehead atoms. The van der Waals surface area contributed by atoms with Gasteiger partial charge in [0.25, 0.3) is 0 Å². The fourth-order valence-electron chi connectivity index (χ4n) is 3.76. The highest BCUT2D eigenvalue weighted by Crippen LogP contribution is 2.24. The molecule has 2 atom stereocenters. The second-order valence-electron chi connectivity index (χ2n) is 6.93. The van der Waals surface area contributed by atoms with Gasteiger partial charge in [0.1, 0.15) is 6.17 Å². The SMILES string of the molecule is O[C@@H]1CN(Cc2cnc(-c3cccs3)nc2)C[C@H]1N1CCC(F)CC1. The van der Waals surface area contributed by atoms with Crippen LogP contribution in [0.5, 0.6) is 0 Å². The molecule has 2 fully saturated rings. The van der Waals surface area contributed by atoms with E-state index in [1.54, 1.807) is 11.3 Å². The Labute approximate surface area is 151 Å². The quantitative estimate of drug-likeness (QED) is 0.904. The smallest absolute Gasteiger partial charge is 0.169 e. The van der Waals surface area contributed by atoms with Gasteiger partial charge in [-0.25, -0.2) is 14.4 Å². The lowest BCUT2D eigenvalue weighted by Crippen LogP contribution is -2.47. The summed E-state index contributed by atoms with van der Waals surface area (Å²) in [7, 11) is 0. The lowest BCUT2D eigenvalue weighted by atomic mass is 10.1. The monoisotopic (exact) mass is 362 g/mol. The van der Waals surface area contributed by atoms with E-state index in [2.05, 4.69) is 19.8 Å². The van der Waals surface area contributed by atoms with Gasteiger partial charge in [0.2, 0.25) is 0 Å². The van der Waals surface area contributed by atoms with E-state index < -0.39 is 6.17 Å². The van der Waals surface area contributed by atoms with E-state index in [1.165, 1.54) is 0 Å². The van der Waals surface area contributed by atoms with Gasteiger partial charge in [-0.1, -0.05) is 6.07 Å². The second kappa shape index (κ2) is 7.45. The fourth-order valence-corrected chi connectivity index (χ4v) is 4.43. The molecule has 5 nitrogen and oxygen atoms in total. The molecule has 134 valence electrons. The maximum absolute atomic E-state index is 13.3. The maximum atomic E-state index is 13.3. The van der Waals surface area contributed by atoms with Gasteiger partial charge in [0.05, 0.1) is 11.0 Å². The number of thiophene rings is 1. The number of halogens is 1. The first-order valence-electron chi connectivity index (χ1n) is 8.82. The minimum atomic E-state index is -0.676. The molecule has 0 aromatic carbocycles. The molecule has 2 saturated heterocycles. The Kier molecular flexibility index (Phi) is 5.08. The van der Waals surface area contributed by atoms with Crippen molar-refractivity contribution in [1.29, 1.82) is 0 Å². The normalized spacial score (nSPS) is 26.3. The summed E-state index contributed by atoms with van der Waals surface area (Å²) in [5, 5.41) is 12.4. The van der Waals surface area contributed by atoms with Crippen molar-refractivity contribution in [2.75, 3.05) is 26.2 Å². The summed E-state index contributed by atoms with van der Waals surface area (Å²) in [4.78, 5) is 14.5. The Morgan fingerprint density at radius 1 is 1.20 bits per heavy atom. The molecular weight excluding hydrogens is 339 g/mol. The van der Waals surface area contributed by atoms with Crippen LogP contribution in [0.15, 0.2) is 29.9 Å². The highest BCUT2D eigenvalue weighted by Gasteiger charge is 2.36. The van der Waals surface area contributed by atoms with Gasteiger partial charge < -0.3 is 5.11 Å². The molecular formula is C18H23FN4OS. The number of aliphatic hydroxyl groups excluding tert-OH is 1. The molecule has 2 aliphatic heterocycles. The molecule has 0 aliphatic carbocycles. The Morgan fingerprint density at radius 2 is 1.96 bits per heavy atom. The standard InChI is InChI=1S/C18H23FN4OS/c19-14-3-5-23(6-4-14)15-11-22(12-16(15)24)10-13-8-20-18(21-9-13)17-2-1-7-25-17/h1-2,7-9,14-16,24H,3-6,10-12H2/t15-,16-/m1/s1. The van der Waals surface area contributed by atoms with E-state index in [4.69, 9.17) is 0 Å². The van der Waals surface area contributed by atoms with Crippen molar-refractivity contribution in [2.45, 2.75) is 37.7 Å². The van der Waals surface area contributed by atoms with Gasteiger partial charge in [-0.05, 0) is 24.3 Å². The van der Waals surface area contributed by atoms with Crippen molar-refractivity contribution in [1.82, 2.24) is 19.8 Å².